The minimum Gasteiger partial charge on any atom is -0.467 e. The zero-order chi connectivity index (χ0) is 20.7. The topological polar surface area (TPSA) is 94.2 Å². The van der Waals surface area contributed by atoms with Gasteiger partial charge in [-0.3, -0.25) is 4.79 Å². The fraction of sp³-hybridized carbons (Fsp3) is 0.143. The van der Waals surface area contributed by atoms with Gasteiger partial charge in [0.05, 0.1) is 24.3 Å². The number of nitrogens with two attached hydrogens (primary N) is 1. The number of ether oxygens (including phenoxy) is 1. The Kier molecular flexibility index (Phi) is 4.87. The molecule has 0 unspecified atom stereocenters. The van der Waals surface area contributed by atoms with Crippen molar-refractivity contribution in [1.82, 2.24) is 4.57 Å². The van der Waals surface area contributed by atoms with Gasteiger partial charge in [-0.1, -0.05) is 29.3 Å². The van der Waals surface area contributed by atoms with Crippen LogP contribution in [0, 0.1) is 18.3 Å². The van der Waals surface area contributed by atoms with Crippen LogP contribution >= 0.6 is 23.2 Å². The molecule has 146 valence electrons. The van der Waals surface area contributed by atoms with Crippen LogP contribution in [0.2, 0.25) is 10.0 Å². The molecule has 1 aliphatic rings. The molecular formula is C21H15Cl2N3O3. The molecule has 29 heavy (non-hydrogen) atoms. The number of furan rings is 1. The zero-order valence-corrected chi connectivity index (χ0v) is 16.8. The van der Waals surface area contributed by atoms with E-state index in [0.29, 0.717) is 32.8 Å². The second-order valence-electron chi connectivity index (χ2n) is 6.62. The summed E-state index contributed by atoms with van der Waals surface area (Å²) >= 11 is 12.4. The second-order valence-corrected chi connectivity index (χ2v) is 7.47. The van der Waals surface area contributed by atoms with E-state index in [2.05, 4.69) is 6.07 Å². The molecule has 0 spiro atoms. The third kappa shape index (κ3) is 3.29. The molecule has 3 aromatic rings. The Bertz CT molecular complexity index is 1240. The van der Waals surface area contributed by atoms with Crippen LogP contribution in [-0.4, -0.2) is 4.57 Å². The van der Waals surface area contributed by atoms with Crippen LogP contribution in [0.15, 0.2) is 63.3 Å². The fourth-order valence-electron chi connectivity index (χ4n) is 3.49. The summed E-state index contributed by atoms with van der Waals surface area (Å²) in [7, 11) is 0. The van der Waals surface area contributed by atoms with Gasteiger partial charge in [0, 0.05) is 21.8 Å². The monoisotopic (exact) mass is 427 g/mol. The van der Waals surface area contributed by atoms with E-state index in [4.69, 9.17) is 38.1 Å². The second kappa shape index (κ2) is 7.36. The molecule has 0 saturated heterocycles. The number of hydrogen-bond donors (Lipinski definition) is 1. The van der Waals surface area contributed by atoms with Crippen molar-refractivity contribution < 1.29 is 9.15 Å². The van der Waals surface area contributed by atoms with Crippen molar-refractivity contribution >= 4 is 23.2 Å². The Morgan fingerprint density at radius 3 is 2.72 bits per heavy atom. The summed E-state index contributed by atoms with van der Waals surface area (Å²) in [6.45, 7) is 2.03. The summed E-state index contributed by atoms with van der Waals surface area (Å²) in [5, 5.41) is 10.5. The molecule has 0 saturated carbocycles. The third-order valence-corrected chi connectivity index (χ3v) is 5.42. The molecule has 0 radical (unpaired) electrons. The van der Waals surface area contributed by atoms with Gasteiger partial charge in [-0.2, -0.15) is 5.26 Å². The minimum atomic E-state index is -0.774. The fourth-order valence-corrected chi connectivity index (χ4v) is 4.01. The van der Waals surface area contributed by atoms with Gasteiger partial charge in [-0.05, 0) is 36.8 Å². The van der Waals surface area contributed by atoms with E-state index in [9.17, 15) is 10.1 Å². The largest absolute Gasteiger partial charge is 0.467 e. The van der Waals surface area contributed by atoms with Gasteiger partial charge in [0.25, 0.3) is 5.56 Å². The smallest absolute Gasteiger partial charge is 0.259 e. The Morgan fingerprint density at radius 2 is 2.07 bits per heavy atom. The van der Waals surface area contributed by atoms with Crippen LogP contribution in [0.5, 0.6) is 5.75 Å². The van der Waals surface area contributed by atoms with Crippen LogP contribution in [0.4, 0.5) is 0 Å². The number of aryl methyl sites for hydroxylation is 1. The number of allylic oxidation sites excluding steroid dienone is 1. The normalized spacial score (nSPS) is 15.6. The van der Waals surface area contributed by atoms with Crippen molar-refractivity contribution in [1.29, 1.82) is 5.26 Å². The first-order valence-corrected chi connectivity index (χ1v) is 9.45. The Morgan fingerprint density at radius 1 is 1.28 bits per heavy atom. The lowest BCUT2D eigenvalue weighted by Gasteiger charge is -2.27. The summed E-state index contributed by atoms with van der Waals surface area (Å²) in [5.41, 5.74) is 7.31. The van der Waals surface area contributed by atoms with E-state index in [1.54, 1.807) is 54.2 Å². The van der Waals surface area contributed by atoms with Crippen molar-refractivity contribution in [3.63, 3.8) is 0 Å². The van der Waals surface area contributed by atoms with E-state index in [-0.39, 0.29) is 29.1 Å². The highest BCUT2D eigenvalue weighted by Crippen LogP contribution is 2.43. The number of fused-ring (bicyclic) bond motifs is 1. The van der Waals surface area contributed by atoms with Crippen LogP contribution < -0.4 is 16.0 Å². The quantitative estimate of drug-likeness (QED) is 0.671. The molecule has 0 amide bonds. The van der Waals surface area contributed by atoms with Crippen LogP contribution in [0.25, 0.3) is 0 Å². The Hall–Kier alpha value is -3.14. The van der Waals surface area contributed by atoms with Gasteiger partial charge >= 0.3 is 0 Å². The molecule has 2 N–H and O–H groups in total. The molecule has 8 heteroatoms. The summed E-state index contributed by atoms with van der Waals surface area (Å²) in [4.78, 5) is 13.5. The molecule has 6 nitrogen and oxygen atoms in total. The number of rotatable bonds is 3. The summed E-state index contributed by atoms with van der Waals surface area (Å²) in [6, 6.07) is 12.2. The van der Waals surface area contributed by atoms with E-state index in [1.165, 1.54) is 0 Å². The van der Waals surface area contributed by atoms with Gasteiger partial charge in [-0.15, -0.1) is 0 Å². The molecule has 1 aromatic carbocycles. The lowest BCUT2D eigenvalue weighted by atomic mass is 9.84. The lowest BCUT2D eigenvalue weighted by Crippen LogP contribution is -2.33. The van der Waals surface area contributed by atoms with Gasteiger partial charge in [0.2, 0.25) is 5.88 Å². The van der Waals surface area contributed by atoms with E-state index < -0.39 is 5.92 Å². The van der Waals surface area contributed by atoms with Crippen molar-refractivity contribution in [3.8, 4) is 11.8 Å². The zero-order valence-electron chi connectivity index (χ0n) is 15.3. The summed E-state index contributed by atoms with van der Waals surface area (Å²) in [6.07, 6.45) is 1.55. The molecule has 1 aliphatic heterocycles. The molecule has 4 rings (SSSR count). The maximum atomic E-state index is 13.5. The maximum Gasteiger partial charge on any atom is 0.259 e. The highest BCUT2D eigenvalue weighted by molar-refractivity contribution is 6.35. The number of halogens is 2. The molecule has 0 aliphatic carbocycles. The number of benzene rings is 1. The number of nitrogens with zero attached hydrogens (tertiary/aromatic N) is 2. The number of pyridine rings is 1. The first-order valence-electron chi connectivity index (χ1n) is 8.70. The molecular weight excluding hydrogens is 413 g/mol. The SMILES string of the molecule is Cc1cc2c(c(=O)n1Cc1ccco1)[C@@H](c1ccc(Cl)cc1Cl)C(C#N)=C(N)O2. The molecule has 3 heterocycles. The van der Waals surface area contributed by atoms with Crippen molar-refractivity contribution in [2.24, 2.45) is 5.73 Å². The van der Waals surface area contributed by atoms with Crippen LogP contribution in [0.1, 0.15) is 28.5 Å². The third-order valence-electron chi connectivity index (χ3n) is 4.86. The predicted molar refractivity (Wildman–Crippen MR) is 109 cm³/mol. The number of aromatic nitrogens is 1. The molecule has 0 bridgehead atoms. The first kappa shape index (κ1) is 19.2. The van der Waals surface area contributed by atoms with E-state index in [0.717, 1.165) is 0 Å². The lowest BCUT2D eigenvalue weighted by molar-refractivity contribution is 0.387. The Labute approximate surface area is 176 Å². The number of hydrogen-bond acceptors (Lipinski definition) is 5. The summed E-state index contributed by atoms with van der Waals surface area (Å²) < 4.78 is 12.6. The van der Waals surface area contributed by atoms with E-state index in [1.807, 2.05) is 0 Å². The van der Waals surface area contributed by atoms with E-state index >= 15 is 0 Å². The standard InChI is InChI=1S/C21H15Cl2N3O3/c1-11-7-17-19(21(27)26(11)10-13-3-2-6-28-13)18(15(9-24)20(25)29-17)14-5-4-12(22)8-16(14)23/h2-8,18H,10,25H2,1H3/t18-/m0/s1. The van der Waals surface area contributed by atoms with Crippen molar-refractivity contribution in [2.45, 2.75) is 19.4 Å². The highest BCUT2D eigenvalue weighted by Gasteiger charge is 2.35. The first-order chi connectivity index (χ1) is 13.9. The van der Waals surface area contributed by atoms with Crippen LogP contribution in [0.3, 0.4) is 0 Å². The molecule has 2 aromatic heterocycles. The van der Waals surface area contributed by atoms with Crippen LogP contribution in [-0.2, 0) is 6.54 Å². The predicted octanol–water partition coefficient (Wildman–Crippen LogP) is 4.32. The average Bonchev–Trinajstić information content (AvgIpc) is 3.17. The molecule has 1 atom stereocenters. The number of nitriles is 1. The van der Waals surface area contributed by atoms with Gasteiger partial charge in [0.15, 0.2) is 0 Å². The average molecular weight is 428 g/mol. The van der Waals surface area contributed by atoms with Gasteiger partial charge < -0.3 is 19.5 Å². The van der Waals surface area contributed by atoms with Gasteiger partial charge in [-0.25, -0.2) is 0 Å². The van der Waals surface area contributed by atoms with Crippen molar-refractivity contribution in [2.75, 3.05) is 0 Å². The van der Waals surface area contributed by atoms with Crippen molar-refractivity contribution in [3.05, 3.63) is 97.1 Å². The molecule has 0 fully saturated rings. The minimum absolute atomic E-state index is 0.0569. The summed E-state index contributed by atoms with van der Waals surface area (Å²) in [5.74, 6) is 0.0993. The Balaban J connectivity index is 1.97. The highest BCUT2D eigenvalue weighted by atomic mass is 35.5. The van der Waals surface area contributed by atoms with Gasteiger partial charge in [0.1, 0.15) is 23.2 Å². The maximum absolute atomic E-state index is 13.5.